The lowest BCUT2D eigenvalue weighted by Gasteiger charge is -2.54. The van der Waals surface area contributed by atoms with E-state index in [1.807, 2.05) is 0 Å². The topological polar surface area (TPSA) is 69.6 Å². The van der Waals surface area contributed by atoms with Crippen LogP contribution < -0.4 is 5.32 Å². The lowest BCUT2D eigenvalue weighted by Crippen LogP contribution is -2.65. The van der Waals surface area contributed by atoms with Gasteiger partial charge in [0.05, 0.1) is 5.60 Å². The van der Waals surface area contributed by atoms with E-state index in [0.717, 1.165) is 0 Å². The molecule has 0 aromatic heterocycles. The van der Waals surface area contributed by atoms with Gasteiger partial charge < -0.3 is 15.5 Å². The third-order valence-corrected chi connectivity index (χ3v) is 8.13. The fourth-order valence-electron chi connectivity index (χ4n) is 6.48. The largest absolute Gasteiger partial charge is 0.426 e. The molecule has 10 heteroatoms. The molecule has 2 aliphatic rings. The van der Waals surface area contributed by atoms with Gasteiger partial charge in [-0.05, 0) is 76.7 Å². The van der Waals surface area contributed by atoms with Gasteiger partial charge in [-0.3, -0.25) is 4.79 Å². The number of alkyl halides is 6. The molecule has 194 valence electrons. The van der Waals surface area contributed by atoms with E-state index < -0.39 is 52.8 Å². The van der Waals surface area contributed by atoms with E-state index in [2.05, 4.69) is 5.32 Å². The Bertz CT molecular complexity index is 688. The number of Topliss-reactive ketones (excluding diaryl/α,β-unsaturated/α-hetero) is 1. The van der Waals surface area contributed by atoms with Crippen LogP contribution in [0.3, 0.4) is 0 Å². The molecule has 0 aromatic rings. The van der Waals surface area contributed by atoms with Crippen LogP contribution in [-0.2, 0) is 4.79 Å². The number of rotatable bonds is 9. The number of carbonyl (C=O) groups is 1. The van der Waals surface area contributed by atoms with E-state index in [9.17, 15) is 41.4 Å². The molecule has 0 bridgehead atoms. The molecule has 0 radical (unpaired) electrons. The van der Waals surface area contributed by atoms with Crippen molar-refractivity contribution in [3.8, 4) is 0 Å². The maximum absolute atomic E-state index is 13.7. The number of fused-ring (bicyclic) bond motifs is 1. The molecule has 2 fully saturated rings. The summed E-state index contributed by atoms with van der Waals surface area (Å²) in [6.45, 7) is 6.88. The van der Waals surface area contributed by atoms with Crippen molar-refractivity contribution in [1.82, 2.24) is 5.32 Å². The third-order valence-electron chi connectivity index (χ3n) is 8.13. The maximum atomic E-state index is 13.7. The molecular weight excluding hydrogens is 452 g/mol. The van der Waals surface area contributed by atoms with Crippen molar-refractivity contribution in [3.63, 3.8) is 0 Å². The zero-order valence-corrected chi connectivity index (χ0v) is 19.8. The summed E-state index contributed by atoms with van der Waals surface area (Å²) >= 11 is 0. The number of nitrogens with one attached hydrogen (secondary N) is 1. The minimum atomic E-state index is -5.91. The first-order valence-electron chi connectivity index (χ1n) is 11.7. The van der Waals surface area contributed by atoms with Crippen molar-refractivity contribution >= 4 is 5.78 Å². The van der Waals surface area contributed by atoms with Crippen LogP contribution in [0.5, 0.6) is 0 Å². The minimum absolute atomic E-state index is 0.000624. The van der Waals surface area contributed by atoms with Crippen LogP contribution in [0.4, 0.5) is 26.3 Å². The molecule has 0 saturated heterocycles. The average Bonchev–Trinajstić information content (AvgIpc) is 2.92. The summed E-state index contributed by atoms with van der Waals surface area (Å²) in [5.41, 5.74) is -8.00. The van der Waals surface area contributed by atoms with E-state index in [1.165, 1.54) is 13.8 Å². The predicted molar refractivity (Wildman–Crippen MR) is 111 cm³/mol. The number of hydrogen-bond donors (Lipinski definition) is 3. The molecule has 2 aliphatic carbocycles. The zero-order chi connectivity index (χ0) is 25.5. The van der Waals surface area contributed by atoms with Crippen LogP contribution in [0.1, 0.15) is 85.5 Å². The molecule has 3 N–H and O–H groups in total. The summed E-state index contributed by atoms with van der Waals surface area (Å²) < 4.78 is 82.1. The Morgan fingerprint density at radius 1 is 1.09 bits per heavy atom. The summed E-state index contributed by atoms with van der Waals surface area (Å²) in [7, 11) is 0. The third kappa shape index (κ3) is 5.22. The van der Waals surface area contributed by atoms with Crippen LogP contribution in [0.2, 0.25) is 0 Å². The molecule has 0 heterocycles. The van der Waals surface area contributed by atoms with Gasteiger partial charge in [-0.2, -0.15) is 26.3 Å². The first-order valence-corrected chi connectivity index (χ1v) is 11.7. The van der Waals surface area contributed by atoms with E-state index in [4.69, 9.17) is 0 Å². The van der Waals surface area contributed by atoms with Crippen LogP contribution in [0, 0.1) is 17.3 Å². The fourth-order valence-corrected chi connectivity index (χ4v) is 6.48. The van der Waals surface area contributed by atoms with Crippen LogP contribution >= 0.6 is 0 Å². The molecule has 2 rings (SSSR count). The highest BCUT2D eigenvalue weighted by atomic mass is 19.4. The highest BCUT2D eigenvalue weighted by Gasteiger charge is 2.73. The number of hydrogen-bond acceptors (Lipinski definition) is 4. The van der Waals surface area contributed by atoms with Gasteiger partial charge in [-0.15, -0.1) is 0 Å². The standard InChI is InChI=1S/C23H37F6NO3/c1-5-30-20(13-10-16-17(31)9-7-12-19(16,20)4)15(8-6-11-18(2,3)32)14-21(33,22(24,25)26)23(27,28)29/h15-16,30,32-33H,5-14H2,1-4H3/t15?,16?,19-,20-/m0/s1. The number of ketones is 1. The Morgan fingerprint density at radius 3 is 2.15 bits per heavy atom. The highest BCUT2D eigenvalue weighted by Crippen LogP contribution is 2.62. The number of aliphatic hydroxyl groups is 2. The molecule has 33 heavy (non-hydrogen) atoms. The summed E-state index contributed by atoms with van der Waals surface area (Å²) in [4.78, 5) is 12.7. The second-order valence-corrected chi connectivity index (χ2v) is 10.8. The van der Waals surface area contributed by atoms with Crippen molar-refractivity contribution in [3.05, 3.63) is 0 Å². The molecule has 2 saturated carbocycles. The minimum Gasteiger partial charge on any atom is -0.390 e. The van der Waals surface area contributed by atoms with Crippen molar-refractivity contribution in [1.29, 1.82) is 0 Å². The second kappa shape index (κ2) is 9.30. The second-order valence-electron chi connectivity index (χ2n) is 10.8. The van der Waals surface area contributed by atoms with Gasteiger partial charge in [0.2, 0.25) is 0 Å². The Hall–Kier alpha value is -0.870. The molecule has 0 amide bonds. The molecule has 0 spiro atoms. The smallest absolute Gasteiger partial charge is 0.390 e. The van der Waals surface area contributed by atoms with Gasteiger partial charge >= 0.3 is 12.4 Å². The number of halogens is 6. The highest BCUT2D eigenvalue weighted by molar-refractivity contribution is 5.83. The van der Waals surface area contributed by atoms with Crippen molar-refractivity contribution in [2.45, 2.75) is 115 Å². The summed E-state index contributed by atoms with van der Waals surface area (Å²) in [6, 6.07) is 0. The summed E-state index contributed by atoms with van der Waals surface area (Å²) in [5, 5.41) is 23.4. The molecule has 4 nitrogen and oxygen atoms in total. The van der Waals surface area contributed by atoms with Crippen LogP contribution in [-0.4, -0.2) is 51.6 Å². The van der Waals surface area contributed by atoms with Gasteiger partial charge in [0.1, 0.15) is 5.78 Å². The first kappa shape index (κ1) is 28.4. The van der Waals surface area contributed by atoms with Gasteiger partial charge in [0.25, 0.3) is 5.60 Å². The molecular formula is C23H37F6NO3. The maximum Gasteiger partial charge on any atom is 0.426 e. The molecule has 0 aromatic carbocycles. The SMILES string of the molecule is CCN[C@]1(C(CCCC(C)(C)O)CC(O)(C(F)(F)F)C(F)(F)F)CCC2C(=O)CCC[C@@]21C. The van der Waals surface area contributed by atoms with Crippen molar-refractivity contribution < 1.29 is 41.4 Å². The van der Waals surface area contributed by atoms with Gasteiger partial charge in [0, 0.05) is 17.9 Å². The lowest BCUT2D eigenvalue weighted by molar-refractivity contribution is -0.374. The Morgan fingerprint density at radius 2 is 1.67 bits per heavy atom. The summed E-state index contributed by atoms with van der Waals surface area (Å²) in [6.07, 6.45) is -11.0. The average molecular weight is 490 g/mol. The summed E-state index contributed by atoms with van der Waals surface area (Å²) in [5.74, 6) is -1.65. The molecule has 4 atom stereocenters. The quantitative estimate of drug-likeness (QED) is 0.384. The fraction of sp³-hybridized carbons (Fsp3) is 0.957. The monoisotopic (exact) mass is 489 g/mol. The van der Waals surface area contributed by atoms with Crippen molar-refractivity contribution in [2.75, 3.05) is 6.54 Å². The Kier molecular flexibility index (Phi) is 7.99. The first-order chi connectivity index (χ1) is 14.8. The normalized spacial score (nSPS) is 30.4. The van der Waals surface area contributed by atoms with Crippen LogP contribution in [0.15, 0.2) is 0 Å². The predicted octanol–water partition coefficient (Wildman–Crippen LogP) is 5.31. The Labute approximate surface area is 191 Å². The molecule has 2 unspecified atom stereocenters. The van der Waals surface area contributed by atoms with E-state index in [-0.39, 0.29) is 31.5 Å². The number of carbonyl (C=O) groups excluding carboxylic acids is 1. The van der Waals surface area contributed by atoms with E-state index in [0.29, 0.717) is 32.2 Å². The Balaban J connectivity index is 2.58. The lowest BCUT2D eigenvalue weighted by atomic mass is 9.55. The van der Waals surface area contributed by atoms with Gasteiger partial charge in [0.15, 0.2) is 0 Å². The van der Waals surface area contributed by atoms with E-state index >= 15 is 0 Å². The molecule has 0 aliphatic heterocycles. The van der Waals surface area contributed by atoms with Crippen molar-refractivity contribution in [2.24, 2.45) is 17.3 Å². The van der Waals surface area contributed by atoms with Gasteiger partial charge in [-0.1, -0.05) is 20.3 Å². The van der Waals surface area contributed by atoms with E-state index in [1.54, 1.807) is 13.8 Å². The van der Waals surface area contributed by atoms with Gasteiger partial charge in [-0.25, -0.2) is 0 Å². The zero-order valence-electron chi connectivity index (χ0n) is 19.8. The van der Waals surface area contributed by atoms with Crippen LogP contribution in [0.25, 0.3) is 0 Å².